The van der Waals surface area contributed by atoms with Gasteiger partial charge in [0.15, 0.2) is 0 Å². The number of hydrogen-bond donors (Lipinski definition) is 1. The van der Waals surface area contributed by atoms with Crippen LogP contribution in [0.1, 0.15) is 58.1 Å². The quantitative estimate of drug-likeness (QED) is 0.794. The number of carbonyl (C=O) groups excluding carboxylic acids is 1. The molecule has 0 saturated carbocycles. The van der Waals surface area contributed by atoms with Crippen molar-refractivity contribution in [3.05, 3.63) is 34.1 Å². The summed E-state index contributed by atoms with van der Waals surface area (Å²) < 4.78 is 19.0. The van der Waals surface area contributed by atoms with Crippen molar-refractivity contribution >= 4 is 17.6 Å². The maximum atomic E-state index is 13.5. The van der Waals surface area contributed by atoms with Gasteiger partial charge in [0, 0.05) is 11.1 Å². The lowest BCUT2D eigenvalue weighted by atomic mass is 9.87. The molecule has 1 aliphatic rings. The molecule has 24 heavy (non-hydrogen) atoms. The summed E-state index contributed by atoms with van der Waals surface area (Å²) in [5.41, 5.74) is 1.47. The molecule has 1 aromatic rings. The molecule has 1 aliphatic carbocycles. The molecule has 0 amide bonds. The Bertz CT molecular complexity index is 598. The number of aryl methyl sites for hydroxylation is 1. The van der Waals surface area contributed by atoms with Gasteiger partial charge in [-0.3, -0.25) is 4.79 Å². The summed E-state index contributed by atoms with van der Waals surface area (Å²) in [5, 5.41) is 3.91. The molecule has 0 aliphatic heterocycles. The zero-order chi connectivity index (χ0) is 17.9. The Kier molecular flexibility index (Phi) is 6.27. The summed E-state index contributed by atoms with van der Waals surface area (Å²) in [6, 6.07) is 2.75. The zero-order valence-electron chi connectivity index (χ0n) is 14.9. The zero-order valence-corrected chi connectivity index (χ0v) is 15.7. The second-order valence-corrected chi connectivity index (χ2v) is 7.91. The first-order valence-corrected chi connectivity index (χ1v) is 9.03. The van der Waals surface area contributed by atoms with Crippen molar-refractivity contribution in [2.45, 2.75) is 77.5 Å². The number of esters is 1. The van der Waals surface area contributed by atoms with Crippen LogP contribution in [-0.4, -0.2) is 23.7 Å². The molecule has 1 N–H and O–H groups in total. The predicted octanol–water partition coefficient (Wildman–Crippen LogP) is 4.44. The van der Waals surface area contributed by atoms with Crippen LogP contribution in [0, 0.1) is 5.82 Å². The van der Waals surface area contributed by atoms with Crippen LogP contribution in [0.25, 0.3) is 0 Å². The van der Waals surface area contributed by atoms with Gasteiger partial charge in [0.1, 0.15) is 17.5 Å². The van der Waals surface area contributed by atoms with Gasteiger partial charge >= 0.3 is 5.97 Å². The molecule has 0 bridgehead atoms. The normalized spacial score (nSPS) is 18.8. The first-order valence-electron chi connectivity index (χ1n) is 8.65. The Morgan fingerprint density at radius 3 is 2.79 bits per heavy atom. The van der Waals surface area contributed by atoms with E-state index in [9.17, 15) is 9.18 Å². The molecule has 5 heteroatoms. The van der Waals surface area contributed by atoms with Crippen LogP contribution in [0.4, 0.5) is 4.39 Å². The molecule has 2 atom stereocenters. The second kappa shape index (κ2) is 7.83. The topological polar surface area (TPSA) is 38.3 Å². The van der Waals surface area contributed by atoms with E-state index in [1.165, 1.54) is 6.07 Å². The van der Waals surface area contributed by atoms with Crippen LogP contribution in [0.3, 0.4) is 0 Å². The highest BCUT2D eigenvalue weighted by atomic mass is 35.5. The van der Waals surface area contributed by atoms with Gasteiger partial charge < -0.3 is 10.1 Å². The molecule has 134 valence electrons. The summed E-state index contributed by atoms with van der Waals surface area (Å²) in [4.78, 5) is 12.4. The van der Waals surface area contributed by atoms with Crippen molar-refractivity contribution in [2.24, 2.45) is 0 Å². The van der Waals surface area contributed by atoms with E-state index in [-0.39, 0.29) is 23.9 Å². The van der Waals surface area contributed by atoms with E-state index in [2.05, 4.69) is 12.2 Å². The van der Waals surface area contributed by atoms with Gasteiger partial charge in [-0.05, 0) is 69.7 Å². The molecule has 0 radical (unpaired) electrons. The summed E-state index contributed by atoms with van der Waals surface area (Å²) >= 11 is 6.20. The van der Waals surface area contributed by atoms with E-state index < -0.39 is 5.60 Å². The average molecular weight is 356 g/mol. The summed E-state index contributed by atoms with van der Waals surface area (Å²) in [6.45, 7) is 7.67. The fourth-order valence-electron chi connectivity index (χ4n) is 3.14. The molecule has 2 unspecified atom stereocenters. The minimum atomic E-state index is -0.495. The highest BCUT2D eigenvalue weighted by molar-refractivity contribution is 6.31. The fraction of sp³-hybridized carbons (Fsp3) is 0.632. The van der Waals surface area contributed by atoms with Crippen molar-refractivity contribution in [1.82, 2.24) is 5.32 Å². The van der Waals surface area contributed by atoms with Crippen molar-refractivity contribution in [1.29, 1.82) is 0 Å². The van der Waals surface area contributed by atoms with E-state index in [4.69, 9.17) is 16.3 Å². The van der Waals surface area contributed by atoms with Crippen LogP contribution in [0.15, 0.2) is 12.1 Å². The smallest absolute Gasteiger partial charge is 0.323 e. The maximum Gasteiger partial charge on any atom is 0.323 e. The molecule has 0 saturated heterocycles. The predicted molar refractivity (Wildman–Crippen MR) is 94.9 cm³/mol. The van der Waals surface area contributed by atoms with E-state index in [1.807, 2.05) is 20.8 Å². The number of carbonyl (C=O) groups is 1. The number of rotatable bonds is 5. The van der Waals surface area contributed by atoms with E-state index in [0.717, 1.165) is 36.8 Å². The molecule has 0 aromatic heterocycles. The second-order valence-electron chi connectivity index (χ2n) is 7.51. The summed E-state index contributed by atoms with van der Waals surface area (Å²) in [5.74, 6) is -0.497. The maximum absolute atomic E-state index is 13.5. The number of ether oxygens (including phenoxy) is 1. The Hall–Kier alpha value is -1.13. The third kappa shape index (κ3) is 5.18. The third-order valence-electron chi connectivity index (χ3n) is 4.17. The van der Waals surface area contributed by atoms with Crippen LogP contribution in [0.5, 0.6) is 0 Å². The van der Waals surface area contributed by atoms with Gasteiger partial charge in [0.25, 0.3) is 0 Å². The molecule has 0 fully saturated rings. The average Bonchev–Trinajstić information content (AvgIpc) is 2.45. The Morgan fingerprint density at radius 1 is 1.46 bits per heavy atom. The first kappa shape index (κ1) is 19.2. The fourth-order valence-corrected chi connectivity index (χ4v) is 3.45. The minimum Gasteiger partial charge on any atom is -0.459 e. The lowest BCUT2D eigenvalue weighted by Crippen LogP contribution is -2.47. The highest BCUT2D eigenvalue weighted by Crippen LogP contribution is 2.29. The van der Waals surface area contributed by atoms with Crippen LogP contribution >= 0.6 is 11.6 Å². The number of hydrogen-bond acceptors (Lipinski definition) is 3. The Balaban J connectivity index is 2.07. The van der Waals surface area contributed by atoms with E-state index in [1.54, 1.807) is 6.07 Å². The molecule has 0 spiro atoms. The van der Waals surface area contributed by atoms with Gasteiger partial charge in [-0.2, -0.15) is 0 Å². The summed E-state index contributed by atoms with van der Waals surface area (Å²) in [7, 11) is 0. The Morgan fingerprint density at radius 2 is 2.17 bits per heavy atom. The van der Waals surface area contributed by atoms with Gasteiger partial charge in [-0.25, -0.2) is 4.39 Å². The summed E-state index contributed by atoms with van der Waals surface area (Å²) in [6.07, 6.45) is 3.95. The molecule has 0 heterocycles. The monoisotopic (exact) mass is 355 g/mol. The van der Waals surface area contributed by atoms with Crippen LogP contribution in [-0.2, 0) is 22.4 Å². The number of nitrogens with one attached hydrogen (secondary N) is 1. The van der Waals surface area contributed by atoms with Crippen molar-refractivity contribution in [2.75, 3.05) is 0 Å². The van der Waals surface area contributed by atoms with Crippen molar-refractivity contribution in [3.63, 3.8) is 0 Å². The number of benzene rings is 1. The molecule has 2 rings (SSSR count). The van der Waals surface area contributed by atoms with Gasteiger partial charge in [0.05, 0.1) is 0 Å². The van der Waals surface area contributed by atoms with Gasteiger partial charge in [0.2, 0.25) is 0 Å². The van der Waals surface area contributed by atoms with Gasteiger partial charge in [-0.1, -0.05) is 24.9 Å². The molecule has 1 aromatic carbocycles. The SMILES string of the molecule is CCCC(NC1CCc2cc(F)cc(Cl)c2C1)C(=O)OC(C)(C)C. The van der Waals surface area contributed by atoms with Gasteiger partial charge in [-0.15, -0.1) is 0 Å². The number of fused-ring (bicyclic) bond motifs is 1. The first-order chi connectivity index (χ1) is 11.2. The lowest BCUT2D eigenvalue weighted by Gasteiger charge is -2.31. The van der Waals surface area contributed by atoms with Crippen molar-refractivity contribution < 1.29 is 13.9 Å². The molecular weight excluding hydrogens is 329 g/mol. The number of halogens is 2. The minimum absolute atomic E-state index is 0.143. The lowest BCUT2D eigenvalue weighted by molar-refractivity contribution is -0.158. The largest absolute Gasteiger partial charge is 0.459 e. The van der Waals surface area contributed by atoms with Crippen LogP contribution < -0.4 is 5.32 Å². The Labute approximate surface area is 148 Å². The third-order valence-corrected chi connectivity index (χ3v) is 4.51. The highest BCUT2D eigenvalue weighted by Gasteiger charge is 2.29. The van der Waals surface area contributed by atoms with Crippen molar-refractivity contribution in [3.8, 4) is 0 Å². The molecule has 3 nitrogen and oxygen atoms in total. The standard InChI is InChI=1S/C19H27ClFNO2/c1-5-6-17(18(23)24-19(2,3)4)22-14-8-7-12-9-13(21)10-16(20)15(12)11-14/h9-10,14,17,22H,5-8,11H2,1-4H3. The molecular formula is C19H27ClFNO2. The van der Waals surface area contributed by atoms with Crippen LogP contribution in [0.2, 0.25) is 5.02 Å². The van der Waals surface area contributed by atoms with E-state index >= 15 is 0 Å². The van der Waals surface area contributed by atoms with E-state index in [0.29, 0.717) is 11.4 Å².